The van der Waals surface area contributed by atoms with Crippen LogP contribution in [-0.2, 0) is 13.6 Å². The molecule has 0 radical (unpaired) electrons. The Labute approximate surface area is 118 Å². The molecule has 3 rings (SSSR count). The summed E-state index contributed by atoms with van der Waals surface area (Å²) >= 11 is 0. The van der Waals surface area contributed by atoms with Crippen LogP contribution in [0.15, 0.2) is 36.5 Å². The Kier molecular flexibility index (Phi) is 3.14. The minimum absolute atomic E-state index is 0.743. The molecule has 102 valence electrons. The van der Waals surface area contributed by atoms with Crippen molar-refractivity contribution < 1.29 is 0 Å². The molecule has 0 aliphatic rings. The van der Waals surface area contributed by atoms with E-state index in [-0.39, 0.29) is 0 Å². The smallest absolute Gasteiger partial charge is 0.134 e. The van der Waals surface area contributed by atoms with Gasteiger partial charge in [0.05, 0.1) is 5.69 Å². The van der Waals surface area contributed by atoms with E-state index in [4.69, 9.17) is 0 Å². The summed E-state index contributed by atoms with van der Waals surface area (Å²) in [4.78, 5) is 4.45. The molecule has 0 saturated carbocycles. The minimum atomic E-state index is 0.743. The SMILES string of the molecule is Cc1nn(C)c(C)c1CNc1nccc2ccccc12. The number of nitrogens with zero attached hydrogens (tertiary/aromatic N) is 3. The van der Waals surface area contributed by atoms with E-state index in [0.717, 1.165) is 23.4 Å². The quantitative estimate of drug-likeness (QED) is 0.791. The lowest BCUT2D eigenvalue weighted by atomic mass is 10.1. The topological polar surface area (TPSA) is 42.7 Å². The van der Waals surface area contributed by atoms with Crippen molar-refractivity contribution in [2.45, 2.75) is 20.4 Å². The van der Waals surface area contributed by atoms with Gasteiger partial charge in [-0.25, -0.2) is 4.98 Å². The largest absolute Gasteiger partial charge is 0.365 e. The molecule has 0 saturated heterocycles. The lowest BCUT2D eigenvalue weighted by Crippen LogP contribution is -2.04. The number of anilines is 1. The van der Waals surface area contributed by atoms with Gasteiger partial charge in [-0.05, 0) is 25.3 Å². The number of fused-ring (bicyclic) bond motifs is 1. The fourth-order valence-electron chi connectivity index (χ4n) is 2.51. The Balaban J connectivity index is 1.91. The number of pyridine rings is 1. The first-order chi connectivity index (χ1) is 9.66. The number of nitrogens with one attached hydrogen (secondary N) is 1. The molecule has 2 heterocycles. The van der Waals surface area contributed by atoms with Gasteiger partial charge in [0.25, 0.3) is 0 Å². The minimum Gasteiger partial charge on any atom is -0.365 e. The van der Waals surface area contributed by atoms with Crippen molar-refractivity contribution in [3.05, 3.63) is 53.5 Å². The Hall–Kier alpha value is -2.36. The second kappa shape index (κ2) is 4.96. The van der Waals surface area contributed by atoms with Crippen LogP contribution in [0.1, 0.15) is 17.0 Å². The van der Waals surface area contributed by atoms with E-state index in [1.54, 1.807) is 0 Å². The van der Waals surface area contributed by atoms with Crippen molar-refractivity contribution >= 4 is 16.6 Å². The number of rotatable bonds is 3. The standard InChI is InChI=1S/C16H18N4/c1-11-15(12(2)20(3)19-11)10-18-16-14-7-5-4-6-13(14)8-9-17-16/h4-9H,10H2,1-3H3,(H,17,18). The molecule has 3 aromatic rings. The second-order valence-electron chi connectivity index (χ2n) is 5.01. The molecule has 20 heavy (non-hydrogen) atoms. The van der Waals surface area contributed by atoms with Crippen LogP contribution in [0.3, 0.4) is 0 Å². The normalized spacial score (nSPS) is 10.9. The Bertz CT molecular complexity index is 753. The maximum Gasteiger partial charge on any atom is 0.134 e. The zero-order chi connectivity index (χ0) is 14.1. The number of aromatic nitrogens is 3. The highest BCUT2D eigenvalue weighted by molar-refractivity contribution is 5.91. The van der Waals surface area contributed by atoms with E-state index in [1.807, 2.05) is 43.0 Å². The first kappa shape index (κ1) is 12.7. The van der Waals surface area contributed by atoms with Crippen LogP contribution in [0.2, 0.25) is 0 Å². The molecule has 1 aromatic carbocycles. The molecular formula is C16H18N4. The van der Waals surface area contributed by atoms with E-state index in [9.17, 15) is 0 Å². The van der Waals surface area contributed by atoms with Crippen LogP contribution in [0, 0.1) is 13.8 Å². The summed E-state index contributed by atoms with van der Waals surface area (Å²) in [6.07, 6.45) is 1.84. The fourth-order valence-corrected chi connectivity index (χ4v) is 2.51. The summed E-state index contributed by atoms with van der Waals surface area (Å²) in [6.45, 7) is 4.88. The number of hydrogen-bond donors (Lipinski definition) is 1. The third-order valence-corrected chi connectivity index (χ3v) is 3.77. The van der Waals surface area contributed by atoms with Gasteiger partial charge < -0.3 is 5.32 Å². The molecule has 4 heteroatoms. The van der Waals surface area contributed by atoms with Crippen molar-refractivity contribution in [3.63, 3.8) is 0 Å². The molecule has 0 atom stereocenters. The summed E-state index contributed by atoms with van der Waals surface area (Å²) < 4.78 is 1.92. The average Bonchev–Trinajstić information content (AvgIpc) is 2.70. The molecule has 4 nitrogen and oxygen atoms in total. The molecule has 0 aliphatic carbocycles. The van der Waals surface area contributed by atoms with E-state index < -0.39 is 0 Å². The molecule has 1 N–H and O–H groups in total. The monoisotopic (exact) mass is 266 g/mol. The van der Waals surface area contributed by atoms with Gasteiger partial charge in [-0.1, -0.05) is 24.3 Å². The maximum atomic E-state index is 4.45. The van der Waals surface area contributed by atoms with Gasteiger partial charge in [0, 0.05) is 36.4 Å². The molecule has 0 bridgehead atoms. The Morgan fingerprint density at radius 1 is 1.15 bits per heavy atom. The predicted octanol–water partition coefficient (Wildman–Crippen LogP) is 3.20. The molecule has 0 amide bonds. The third-order valence-electron chi connectivity index (χ3n) is 3.77. The van der Waals surface area contributed by atoms with Gasteiger partial charge in [0.2, 0.25) is 0 Å². The zero-order valence-electron chi connectivity index (χ0n) is 12.0. The van der Waals surface area contributed by atoms with Gasteiger partial charge >= 0.3 is 0 Å². The number of hydrogen-bond acceptors (Lipinski definition) is 3. The lowest BCUT2D eigenvalue weighted by molar-refractivity contribution is 0.730. The van der Waals surface area contributed by atoms with Crippen LogP contribution >= 0.6 is 0 Å². The fraction of sp³-hybridized carbons (Fsp3) is 0.250. The summed E-state index contributed by atoms with van der Waals surface area (Å²) in [7, 11) is 1.97. The number of aryl methyl sites for hydroxylation is 2. The van der Waals surface area contributed by atoms with Crippen molar-refractivity contribution in [1.29, 1.82) is 0 Å². The first-order valence-corrected chi connectivity index (χ1v) is 6.73. The average molecular weight is 266 g/mol. The first-order valence-electron chi connectivity index (χ1n) is 6.73. The van der Waals surface area contributed by atoms with E-state index in [0.29, 0.717) is 0 Å². The zero-order valence-corrected chi connectivity index (χ0v) is 12.0. The van der Waals surface area contributed by atoms with Gasteiger partial charge in [-0.2, -0.15) is 5.10 Å². The molecule has 0 fully saturated rings. The van der Waals surface area contributed by atoms with E-state index >= 15 is 0 Å². The predicted molar refractivity (Wildman–Crippen MR) is 81.8 cm³/mol. The summed E-state index contributed by atoms with van der Waals surface area (Å²) in [5, 5.41) is 10.2. The Morgan fingerprint density at radius 3 is 2.70 bits per heavy atom. The van der Waals surface area contributed by atoms with Gasteiger partial charge in [-0.3, -0.25) is 4.68 Å². The van der Waals surface area contributed by atoms with Crippen molar-refractivity contribution in [3.8, 4) is 0 Å². The van der Waals surface area contributed by atoms with Gasteiger partial charge in [-0.15, -0.1) is 0 Å². The van der Waals surface area contributed by atoms with Crippen LogP contribution in [0.4, 0.5) is 5.82 Å². The third kappa shape index (κ3) is 2.13. The van der Waals surface area contributed by atoms with Crippen LogP contribution < -0.4 is 5.32 Å². The van der Waals surface area contributed by atoms with E-state index in [2.05, 4.69) is 34.5 Å². The second-order valence-corrected chi connectivity index (χ2v) is 5.01. The molecule has 0 unspecified atom stereocenters. The summed E-state index contributed by atoms with van der Waals surface area (Å²) in [5.41, 5.74) is 3.50. The molecular weight excluding hydrogens is 248 g/mol. The van der Waals surface area contributed by atoms with Gasteiger partial charge in [0.1, 0.15) is 5.82 Å². The Morgan fingerprint density at radius 2 is 1.95 bits per heavy atom. The van der Waals surface area contributed by atoms with Crippen molar-refractivity contribution in [2.75, 3.05) is 5.32 Å². The summed E-state index contributed by atoms with van der Waals surface area (Å²) in [5.74, 6) is 0.922. The lowest BCUT2D eigenvalue weighted by Gasteiger charge is -2.09. The van der Waals surface area contributed by atoms with Gasteiger partial charge in [0.15, 0.2) is 0 Å². The van der Waals surface area contributed by atoms with E-state index in [1.165, 1.54) is 16.6 Å². The molecule has 0 aliphatic heterocycles. The molecule has 2 aromatic heterocycles. The highest BCUT2D eigenvalue weighted by atomic mass is 15.3. The van der Waals surface area contributed by atoms with Crippen LogP contribution in [0.25, 0.3) is 10.8 Å². The van der Waals surface area contributed by atoms with Crippen LogP contribution in [0.5, 0.6) is 0 Å². The highest BCUT2D eigenvalue weighted by Gasteiger charge is 2.09. The van der Waals surface area contributed by atoms with Crippen molar-refractivity contribution in [1.82, 2.24) is 14.8 Å². The highest BCUT2D eigenvalue weighted by Crippen LogP contribution is 2.22. The summed E-state index contributed by atoms with van der Waals surface area (Å²) in [6, 6.07) is 10.3. The van der Waals surface area contributed by atoms with Crippen molar-refractivity contribution in [2.24, 2.45) is 7.05 Å². The maximum absolute atomic E-state index is 4.45. The number of benzene rings is 1. The molecule has 0 spiro atoms. The van der Waals surface area contributed by atoms with Crippen LogP contribution in [-0.4, -0.2) is 14.8 Å².